The number of carbonyl (C=O) groups is 1. The number of likely N-dealkylation sites (tertiary alicyclic amines) is 1. The number of nitrogens with zero attached hydrogens (tertiary/aromatic N) is 4. The molecule has 3 atom stereocenters. The lowest BCUT2D eigenvalue weighted by atomic mass is 9.59. The molecule has 0 radical (unpaired) electrons. The summed E-state index contributed by atoms with van der Waals surface area (Å²) in [6.07, 6.45) is 8.85. The van der Waals surface area contributed by atoms with E-state index in [1.165, 1.54) is 48.5 Å². The second-order valence-corrected chi connectivity index (χ2v) is 20.0. The van der Waals surface area contributed by atoms with Crippen LogP contribution in [-0.4, -0.2) is 98.4 Å². The molecule has 0 bridgehead atoms. The first-order valence-corrected chi connectivity index (χ1v) is 23.9. The van der Waals surface area contributed by atoms with E-state index in [-0.39, 0.29) is 52.5 Å². The van der Waals surface area contributed by atoms with Crippen LogP contribution in [0.1, 0.15) is 85.8 Å². The molecule has 2 aromatic heterocycles. The summed E-state index contributed by atoms with van der Waals surface area (Å²) < 4.78 is 67.8. The standard InChI is InChI=1S/C47H52FN7O9S/c1-28(2)33-6-3-4-7-34(33)39-8-5-13-54(39)30-22-47(23-30)11-14-53(15-12-47)29-9-10-35(41(18-29)64-31-19-36-37(48)25-50-45(36)49-24-31)46(56)52-65(59,60)32-20-40(55(57)58)44-42(21-32)63-26-38(51-44)43-27-61-16-17-62-43/h3-4,6-7,9-10,18-21,24-25,28,30,38-39,43,51H,5,8,11-17,22-23,26-27H2,1-2H3,(H,49,50)(H,52,56)/t38?,39-,43+/m1/s1. The molecule has 3 saturated heterocycles. The van der Waals surface area contributed by atoms with Gasteiger partial charge in [-0.15, -0.1) is 0 Å². The van der Waals surface area contributed by atoms with Crippen LogP contribution in [0.2, 0.25) is 0 Å². The molecule has 18 heteroatoms. The van der Waals surface area contributed by atoms with E-state index in [0.29, 0.717) is 36.9 Å². The minimum absolute atomic E-state index is 0.00865. The maximum Gasteiger partial charge on any atom is 0.297 e. The summed E-state index contributed by atoms with van der Waals surface area (Å²) in [5.41, 5.74) is 3.55. The summed E-state index contributed by atoms with van der Waals surface area (Å²) in [4.78, 5) is 37.1. The number of piperidine rings is 1. The van der Waals surface area contributed by atoms with Crippen LogP contribution in [0.4, 0.5) is 21.5 Å². The van der Waals surface area contributed by atoms with E-state index < -0.39 is 49.4 Å². The number of aromatic amines is 1. The molecule has 1 saturated carbocycles. The SMILES string of the molecule is CC(C)c1ccccc1[C@H]1CCCN1C1CC2(CCN(c3ccc(C(=O)NS(=O)(=O)c4cc5c(c([N+](=O)[O-])c4)NC([C@@H]4COCCO4)CO5)c(Oc4cnc5[nH]cc(F)c5c4)c3)CC2)C1. The van der Waals surface area contributed by atoms with Crippen molar-refractivity contribution in [2.24, 2.45) is 5.41 Å². The van der Waals surface area contributed by atoms with Crippen LogP contribution in [0.15, 0.2) is 78.0 Å². The fourth-order valence-corrected chi connectivity index (χ4v) is 11.6. The highest BCUT2D eigenvalue weighted by molar-refractivity contribution is 7.90. The summed E-state index contributed by atoms with van der Waals surface area (Å²) in [6.45, 7) is 8.31. The normalized spacial score (nSPS) is 22.3. The number of hydrogen-bond acceptors (Lipinski definition) is 13. The molecule has 16 nitrogen and oxygen atoms in total. The molecule has 65 heavy (non-hydrogen) atoms. The van der Waals surface area contributed by atoms with Gasteiger partial charge in [-0.2, -0.15) is 0 Å². The second-order valence-electron chi connectivity index (χ2n) is 18.3. The largest absolute Gasteiger partial charge is 0.489 e. The number of rotatable bonds is 11. The van der Waals surface area contributed by atoms with Gasteiger partial charge in [0.2, 0.25) is 0 Å². The van der Waals surface area contributed by atoms with Crippen LogP contribution >= 0.6 is 0 Å². The maximum atomic E-state index is 14.6. The third kappa shape index (κ3) is 8.36. The van der Waals surface area contributed by atoms with Gasteiger partial charge < -0.3 is 34.1 Å². The second kappa shape index (κ2) is 17.2. The number of nitro groups is 1. The molecule has 4 aliphatic heterocycles. The topological polar surface area (TPSA) is 190 Å². The number of ether oxygens (including phenoxy) is 4. The van der Waals surface area contributed by atoms with E-state index in [1.54, 1.807) is 12.1 Å². The minimum atomic E-state index is -4.72. The highest BCUT2D eigenvalue weighted by Gasteiger charge is 2.50. The Morgan fingerprint density at radius 3 is 2.65 bits per heavy atom. The Hall–Kier alpha value is -5.82. The first kappa shape index (κ1) is 43.1. The number of benzene rings is 3. The summed E-state index contributed by atoms with van der Waals surface area (Å²) >= 11 is 0. The average Bonchev–Trinajstić information content (AvgIpc) is 3.94. The molecule has 3 N–H and O–H groups in total. The van der Waals surface area contributed by atoms with Gasteiger partial charge in [0.25, 0.3) is 21.6 Å². The number of H-pyrrole nitrogens is 1. The minimum Gasteiger partial charge on any atom is -0.489 e. The van der Waals surface area contributed by atoms with Crippen molar-refractivity contribution in [1.82, 2.24) is 19.6 Å². The van der Waals surface area contributed by atoms with Crippen molar-refractivity contribution in [1.29, 1.82) is 0 Å². The monoisotopic (exact) mass is 909 g/mol. The van der Waals surface area contributed by atoms with Crippen molar-refractivity contribution in [3.05, 3.63) is 106 Å². The summed E-state index contributed by atoms with van der Waals surface area (Å²) in [5.74, 6) is -1.04. The number of fused-ring (bicyclic) bond motifs is 2. The van der Waals surface area contributed by atoms with Gasteiger partial charge in [0.15, 0.2) is 11.4 Å². The van der Waals surface area contributed by atoms with Gasteiger partial charge in [-0.25, -0.2) is 22.5 Å². The lowest BCUT2D eigenvalue weighted by Gasteiger charge is -2.56. The zero-order valence-corrected chi connectivity index (χ0v) is 37.1. The van der Waals surface area contributed by atoms with Gasteiger partial charge in [0.1, 0.15) is 35.7 Å². The van der Waals surface area contributed by atoms with E-state index in [1.807, 2.05) is 0 Å². The number of pyridine rings is 1. The van der Waals surface area contributed by atoms with Gasteiger partial charge in [0.05, 0.1) is 52.8 Å². The molecule has 3 aromatic carbocycles. The lowest BCUT2D eigenvalue weighted by Crippen LogP contribution is -2.54. The van der Waals surface area contributed by atoms with Gasteiger partial charge in [-0.3, -0.25) is 19.8 Å². The zero-order valence-electron chi connectivity index (χ0n) is 36.3. The predicted molar refractivity (Wildman–Crippen MR) is 240 cm³/mol. The molecule has 5 aliphatic rings. The van der Waals surface area contributed by atoms with Crippen LogP contribution in [-0.2, 0) is 19.5 Å². The summed E-state index contributed by atoms with van der Waals surface area (Å²) in [7, 11) is -4.72. The number of amides is 1. The highest BCUT2D eigenvalue weighted by Crippen LogP contribution is 2.54. The van der Waals surface area contributed by atoms with Crippen LogP contribution in [0.25, 0.3) is 11.0 Å². The number of carbonyl (C=O) groups excluding carboxylic acids is 1. The molecule has 342 valence electrons. The molecule has 10 rings (SSSR count). The molecule has 5 aromatic rings. The predicted octanol–water partition coefficient (Wildman–Crippen LogP) is 7.82. The summed E-state index contributed by atoms with van der Waals surface area (Å²) in [6, 6.07) is 17.8. The highest BCUT2D eigenvalue weighted by atomic mass is 32.2. The zero-order chi connectivity index (χ0) is 45.0. The molecule has 1 aliphatic carbocycles. The van der Waals surface area contributed by atoms with E-state index in [0.717, 1.165) is 63.1 Å². The third-order valence-corrected chi connectivity index (χ3v) is 15.3. The summed E-state index contributed by atoms with van der Waals surface area (Å²) in [5, 5.41) is 15.5. The Bertz CT molecular complexity index is 2750. The smallest absolute Gasteiger partial charge is 0.297 e. The number of aromatic nitrogens is 2. The van der Waals surface area contributed by atoms with Crippen molar-refractivity contribution in [2.75, 3.05) is 56.3 Å². The molecule has 1 spiro atoms. The third-order valence-electron chi connectivity index (χ3n) is 14.0. The Labute approximate surface area is 376 Å². The van der Waals surface area contributed by atoms with Crippen LogP contribution in [0.3, 0.4) is 0 Å². The number of sulfonamides is 1. The molecule has 4 fully saturated rings. The molecule has 1 amide bonds. The van der Waals surface area contributed by atoms with Crippen molar-refractivity contribution >= 4 is 44.0 Å². The van der Waals surface area contributed by atoms with Crippen LogP contribution in [0, 0.1) is 21.3 Å². The van der Waals surface area contributed by atoms with E-state index in [4.69, 9.17) is 18.9 Å². The van der Waals surface area contributed by atoms with Crippen molar-refractivity contribution in [3.63, 3.8) is 0 Å². The average molecular weight is 910 g/mol. The van der Waals surface area contributed by atoms with Gasteiger partial charge in [-0.1, -0.05) is 38.1 Å². The maximum absolute atomic E-state index is 14.6. The Kier molecular flexibility index (Phi) is 11.4. The van der Waals surface area contributed by atoms with E-state index in [9.17, 15) is 27.7 Å². The molecule has 6 heterocycles. The number of nitro benzene ring substituents is 1. The Morgan fingerprint density at radius 2 is 1.88 bits per heavy atom. The van der Waals surface area contributed by atoms with Crippen molar-refractivity contribution in [2.45, 2.75) is 87.4 Å². The number of hydrogen-bond donors (Lipinski definition) is 3. The number of anilines is 2. The Balaban J connectivity index is 0.869. The van der Waals surface area contributed by atoms with Crippen LogP contribution in [0.5, 0.6) is 17.2 Å². The number of halogens is 1. The van der Waals surface area contributed by atoms with E-state index >= 15 is 0 Å². The van der Waals surface area contributed by atoms with Gasteiger partial charge >= 0.3 is 0 Å². The molecule has 1 unspecified atom stereocenters. The van der Waals surface area contributed by atoms with Crippen molar-refractivity contribution in [3.8, 4) is 17.2 Å². The Morgan fingerprint density at radius 1 is 1.06 bits per heavy atom. The van der Waals surface area contributed by atoms with Crippen LogP contribution < -0.4 is 24.4 Å². The quantitative estimate of drug-likeness (QED) is 0.0860. The van der Waals surface area contributed by atoms with Gasteiger partial charge in [0, 0.05) is 55.3 Å². The lowest BCUT2D eigenvalue weighted by molar-refractivity contribution is -0.384. The number of nitrogens with one attached hydrogen (secondary N) is 3. The first-order valence-electron chi connectivity index (χ1n) is 22.4. The van der Waals surface area contributed by atoms with Gasteiger partial charge in [-0.05, 0) is 85.7 Å². The fraction of sp³-hybridized carbons (Fsp3) is 0.447. The van der Waals surface area contributed by atoms with E-state index in [2.05, 4.69) is 67.9 Å². The molecular formula is C47H52FN7O9S. The van der Waals surface area contributed by atoms with Crippen molar-refractivity contribution < 1.29 is 41.5 Å². The fourth-order valence-electron chi connectivity index (χ4n) is 10.6. The first-order chi connectivity index (χ1) is 31.3. The molecular weight excluding hydrogens is 858 g/mol.